The van der Waals surface area contributed by atoms with Crippen LogP contribution < -0.4 is 15.2 Å². The smallest absolute Gasteiger partial charge is 0.272 e. The molecule has 2 aromatic carbocycles. The van der Waals surface area contributed by atoms with Gasteiger partial charge in [-0.3, -0.25) is 4.79 Å². The highest BCUT2D eigenvalue weighted by atomic mass is 17.1. The fraction of sp³-hybridized carbons (Fsp3) is 0. The number of aromatic amines is 1. The van der Waals surface area contributed by atoms with Crippen molar-refractivity contribution in [2.45, 2.75) is 0 Å². The lowest BCUT2D eigenvalue weighted by molar-refractivity contribution is -0.137. The van der Waals surface area contributed by atoms with Gasteiger partial charge in [-0.1, -0.05) is 6.07 Å². The molecule has 1 aliphatic heterocycles. The van der Waals surface area contributed by atoms with Gasteiger partial charge >= 0.3 is 0 Å². The molecule has 20 heavy (non-hydrogen) atoms. The van der Waals surface area contributed by atoms with E-state index in [0.29, 0.717) is 33.5 Å². The minimum Gasteiger partial charge on any atom is -0.456 e. The average molecular weight is 268 g/mol. The van der Waals surface area contributed by atoms with Crippen molar-refractivity contribution in [1.82, 2.24) is 10.2 Å². The molecule has 0 unspecified atom stereocenters. The van der Waals surface area contributed by atoms with E-state index in [2.05, 4.69) is 15.1 Å². The van der Waals surface area contributed by atoms with Crippen LogP contribution in [0.3, 0.4) is 0 Å². The minimum absolute atomic E-state index is 0.271. The van der Waals surface area contributed by atoms with Crippen molar-refractivity contribution in [1.29, 1.82) is 0 Å². The second-order valence-corrected chi connectivity index (χ2v) is 4.43. The molecule has 0 bridgehead atoms. The highest BCUT2D eigenvalue weighted by Gasteiger charge is 2.23. The van der Waals surface area contributed by atoms with Crippen LogP contribution in [0.25, 0.3) is 22.0 Å². The number of nitrogens with one attached hydrogen (secondary N) is 1. The molecule has 0 aliphatic carbocycles. The number of fused-ring (bicyclic) bond motifs is 2. The van der Waals surface area contributed by atoms with E-state index >= 15 is 0 Å². The molecule has 1 aliphatic rings. The molecule has 2 N–H and O–H groups in total. The highest BCUT2D eigenvalue weighted by Crippen LogP contribution is 2.45. The van der Waals surface area contributed by atoms with E-state index in [0.717, 1.165) is 0 Å². The van der Waals surface area contributed by atoms with E-state index in [1.807, 2.05) is 0 Å². The first-order valence-electron chi connectivity index (χ1n) is 5.93. The molecule has 6 heteroatoms. The van der Waals surface area contributed by atoms with Gasteiger partial charge in [0, 0.05) is 5.56 Å². The van der Waals surface area contributed by atoms with Gasteiger partial charge in [0.15, 0.2) is 5.75 Å². The van der Waals surface area contributed by atoms with Gasteiger partial charge in [0.1, 0.15) is 17.2 Å². The Kier molecular flexibility index (Phi) is 2.10. The number of aromatic nitrogens is 2. The number of hydrogen-bond acceptors (Lipinski definition) is 5. The third kappa shape index (κ3) is 1.36. The molecule has 98 valence electrons. The monoisotopic (exact) mass is 268 g/mol. The van der Waals surface area contributed by atoms with Crippen LogP contribution in [-0.2, 0) is 0 Å². The van der Waals surface area contributed by atoms with Gasteiger partial charge in [0.2, 0.25) is 0 Å². The maximum absolute atomic E-state index is 11.8. The van der Waals surface area contributed by atoms with Crippen LogP contribution in [0.2, 0.25) is 0 Å². The molecular weight excluding hydrogens is 260 g/mol. The summed E-state index contributed by atoms with van der Waals surface area (Å²) in [4.78, 5) is 16.1. The SMILES string of the molecule is O=c1[nH]nc2c3c(cccc13)Oc1ccc(OO)cc1-2. The first-order valence-corrected chi connectivity index (χ1v) is 5.93. The lowest BCUT2D eigenvalue weighted by Gasteiger charge is -2.19. The second-order valence-electron chi connectivity index (χ2n) is 4.43. The number of rotatable bonds is 1. The van der Waals surface area contributed by atoms with Crippen LogP contribution in [0.4, 0.5) is 0 Å². The zero-order valence-electron chi connectivity index (χ0n) is 10.1. The van der Waals surface area contributed by atoms with Gasteiger partial charge in [0.25, 0.3) is 5.56 Å². The number of benzene rings is 2. The average Bonchev–Trinajstić information content (AvgIpc) is 2.49. The Hall–Kier alpha value is -2.86. The Morgan fingerprint density at radius 3 is 2.95 bits per heavy atom. The number of ether oxygens (including phenoxy) is 1. The molecule has 3 aromatic rings. The molecule has 0 amide bonds. The first-order chi connectivity index (χ1) is 9.78. The third-order valence-corrected chi connectivity index (χ3v) is 3.31. The zero-order chi connectivity index (χ0) is 13.7. The number of hydrogen-bond donors (Lipinski definition) is 2. The van der Waals surface area contributed by atoms with E-state index in [1.165, 1.54) is 0 Å². The fourth-order valence-corrected chi connectivity index (χ4v) is 2.43. The van der Waals surface area contributed by atoms with Crippen molar-refractivity contribution in [3.8, 4) is 28.5 Å². The van der Waals surface area contributed by atoms with Gasteiger partial charge in [0.05, 0.1) is 10.8 Å². The van der Waals surface area contributed by atoms with Gasteiger partial charge in [-0.2, -0.15) is 5.10 Å². The van der Waals surface area contributed by atoms with Crippen LogP contribution >= 0.6 is 0 Å². The highest BCUT2D eigenvalue weighted by molar-refractivity contribution is 6.01. The van der Waals surface area contributed by atoms with E-state index in [1.54, 1.807) is 36.4 Å². The largest absolute Gasteiger partial charge is 0.456 e. The minimum atomic E-state index is -0.271. The number of H-pyrrole nitrogens is 1. The van der Waals surface area contributed by atoms with Gasteiger partial charge in [-0.05, 0) is 30.3 Å². The zero-order valence-corrected chi connectivity index (χ0v) is 10.1. The Morgan fingerprint density at radius 1 is 1.20 bits per heavy atom. The summed E-state index contributed by atoms with van der Waals surface area (Å²) in [6, 6.07) is 10.1. The Balaban J connectivity index is 2.15. The molecule has 0 saturated carbocycles. The summed E-state index contributed by atoms with van der Waals surface area (Å²) in [5.74, 6) is 1.44. The van der Waals surface area contributed by atoms with E-state index < -0.39 is 0 Å². The van der Waals surface area contributed by atoms with Crippen molar-refractivity contribution >= 4 is 10.8 Å². The van der Waals surface area contributed by atoms with Crippen molar-refractivity contribution in [3.63, 3.8) is 0 Å². The van der Waals surface area contributed by atoms with Gasteiger partial charge < -0.3 is 9.62 Å². The fourth-order valence-electron chi connectivity index (χ4n) is 2.43. The molecule has 0 saturated heterocycles. The van der Waals surface area contributed by atoms with Crippen molar-refractivity contribution < 1.29 is 14.9 Å². The van der Waals surface area contributed by atoms with Gasteiger partial charge in [-0.15, -0.1) is 0 Å². The summed E-state index contributed by atoms with van der Waals surface area (Å²) in [5.41, 5.74) is 0.971. The lowest BCUT2D eigenvalue weighted by atomic mass is 10.0. The third-order valence-electron chi connectivity index (χ3n) is 3.31. The molecular formula is C14H8N2O4. The topological polar surface area (TPSA) is 84.4 Å². The molecule has 0 fully saturated rings. The molecule has 6 nitrogen and oxygen atoms in total. The maximum Gasteiger partial charge on any atom is 0.272 e. The summed E-state index contributed by atoms with van der Waals surface area (Å²) in [6.45, 7) is 0. The van der Waals surface area contributed by atoms with Crippen molar-refractivity contribution in [3.05, 3.63) is 46.8 Å². The van der Waals surface area contributed by atoms with Crippen molar-refractivity contribution in [2.75, 3.05) is 0 Å². The van der Waals surface area contributed by atoms with Crippen LogP contribution in [0, 0.1) is 0 Å². The van der Waals surface area contributed by atoms with Crippen LogP contribution in [0.15, 0.2) is 41.2 Å². The summed E-state index contributed by atoms with van der Waals surface area (Å²) < 4.78 is 5.77. The quantitative estimate of drug-likeness (QED) is 0.409. The first kappa shape index (κ1) is 11.0. The molecule has 2 heterocycles. The predicted molar refractivity (Wildman–Crippen MR) is 71.1 cm³/mol. The van der Waals surface area contributed by atoms with E-state index in [-0.39, 0.29) is 11.3 Å². The summed E-state index contributed by atoms with van der Waals surface area (Å²) in [7, 11) is 0. The van der Waals surface area contributed by atoms with Crippen molar-refractivity contribution in [2.24, 2.45) is 0 Å². The Labute approximate surface area is 112 Å². The predicted octanol–water partition coefficient (Wildman–Crippen LogP) is 2.55. The normalized spacial score (nSPS) is 11.8. The number of nitrogens with zero attached hydrogens (tertiary/aromatic N) is 1. The summed E-state index contributed by atoms with van der Waals surface area (Å²) >= 11 is 0. The van der Waals surface area contributed by atoms with E-state index in [9.17, 15) is 4.79 Å². The molecule has 1 aromatic heterocycles. The van der Waals surface area contributed by atoms with Crippen LogP contribution in [0.5, 0.6) is 17.2 Å². The van der Waals surface area contributed by atoms with E-state index in [4.69, 9.17) is 9.99 Å². The Bertz CT molecular complexity index is 901. The van der Waals surface area contributed by atoms with Crippen LogP contribution in [-0.4, -0.2) is 15.5 Å². The lowest BCUT2D eigenvalue weighted by Crippen LogP contribution is -2.12. The standard InChI is InChI=1S/C14H8N2O4/c17-14-8-2-1-3-11-12(8)13(15-16-14)9-6-7(20-18)4-5-10(9)19-11/h1-6,18H,(H,16,17). The van der Waals surface area contributed by atoms with Crippen LogP contribution in [0.1, 0.15) is 0 Å². The summed E-state index contributed by atoms with van der Waals surface area (Å²) in [5, 5.41) is 16.5. The second kappa shape index (κ2) is 3.82. The Morgan fingerprint density at radius 2 is 2.10 bits per heavy atom. The molecule has 4 rings (SSSR count). The maximum atomic E-state index is 11.8. The summed E-state index contributed by atoms with van der Waals surface area (Å²) in [6.07, 6.45) is 0. The molecule has 0 atom stereocenters. The van der Waals surface area contributed by atoms with Gasteiger partial charge in [-0.25, -0.2) is 10.4 Å². The molecule has 0 radical (unpaired) electrons. The molecule has 0 spiro atoms.